The summed E-state index contributed by atoms with van der Waals surface area (Å²) in [5, 5.41) is 0.576. The van der Waals surface area contributed by atoms with Gasteiger partial charge < -0.3 is 14.5 Å². The highest BCUT2D eigenvalue weighted by Crippen LogP contribution is 2.27. The van der Waals surface area contributed by atoms with E-state index in [4.69, 9.17) is 16.3 Å². The Bertz CT molecular complexity index is 1440. The molecule has 9 nitrogen and oxygen atoms in total. The van der Waals surface area contributed by atoms with Gasteiger partial charge in [-0.15, -0.1) is 0 Å². The largest absolute Gasteiger partial charge is 0.381 e. The van der Waals surface area contributed by atoms with Crippen molar-refractivity contribution in [3.05, 3.63) is 59.1 Å². The summed E-state index contributed by atoms with van der Waals surface area (Å²) in [6.07, 6.45) is 6.15. The van der Waals surface area contributed by atoms with E-state index in [-0.39, 0.29) is 24.2 Å². The van der Waals surface area contributed by atoms with E-state index in [9.17, 15) is 21.6 Å². The maximum Gasteiger partial charge on any atom is 0.230 e. The molecule has 2 saturated heterocycles. The lowest BCUT2D eigenvalue weighted by molar-refractivity contribution is -0.123. The smallest absolute Gasteiger partial charge is 0.230 e. The zero-order valence-electron chi connectivity index (χ0n) is 25.9. The molecule has 4 rings (SSSR count). The number of nitrogens with zero attached hydrogens (tertiary/aromatic N) is 3. The Morgan fingerprint density at radius 1 is 0.977 bits per heavy atom. The summed E-state index contributed by atoms with van der Waals surface area (Å²) in [5.74, 6) is 0.363. The minimum Gasteiger partial charge on any atom is -0.381 e. The number of sulfonamides is 1. The van der Waals surface area contributed by atoms with Crippen LogP contribution in [-0.4, -0.2) is 96.4 Å². The van der Waals surface area contributed by atoms with Crippen LogP contribution in [0.3, 0.4) is 0 Å². The fraction of sp³-hybridized carbons (Fsp3) is 0.594. The van der Waals surface area contributed by atoms with Gasteiger partial charge in [0.05, 0.1) is 23.5 Å². The van der Waals surface area contributed by atoms with Crippen molar-refractivity contribution in [2.45, 2.75) is 50.3 Å². The van der Waals surface area contributed by atoms with Crippen LogP contribution >= 0.6 is 11.6 Å². The molecule has 2 aliphatic rings. The highest BCUT2D eigenvalue weighted by molar-refractivity contribution is 7.91. The fourth-order valence-corrected chi connectivity index (χ4v) is 8.31. The highest BCUT2D eigenvalue weighted by Gasteiger charge is 2.32. The number of hydrogen-bond donors (Lipinski definition) is 0. The molecule has 2 fully saturated rings. The van der Waals surface area contributed by atoms with Gasteiger partial charge in [-0.1, -0.05) is 29.8 Å². The van der Waals surface area contributed by atoms with Crippen LogP contribution in [0.1, 0.15) is 44.6 Å². The fourth-order valence-electron chi connectivity index (χ4n) is 6.13. The van der Waals surface area contributed by atoms with Crippen molar-refractivity contribution in [3.63, 3.8) is 0 Å². The van der Waals surface area contributed by atoms with Crippen LogP contribution in [0, 0.1) is 11.8 Å². The van der Waals surface area contributed by atoms with Crippen LogP contribution in [0.2, 0.25) is 5.02 Å². The minimum atomic E-state index is -3.33. The monoisotopic (exact) mass is 667 g/mol. The third-order valence-electron chi connectivity index (χ3n) is 8.73. The predicted octanol–water partition coefficient (Wildman–Crippen LogP) is 4.50. The number of anilines is 1. The van der Waals surface area contributed by atoms with E-state index in [0.29, 0.717) is 54.9 Å². The van der Waals surface area contributed by atoms with E-state index >= 15 is 0 Å². The molecule has 0 radical (unpaired) electrons. The van der Waals surface area contributed by atoms with Gasteiger partial charge >= 0.3 is 0 Å². The normalized spacial score (nSPS) is 18.0. The van der Waals surface area contributed by atoms with Crippen LogP contribution in [0.25, 0.3) is 0 Å². The SMILES string of the molecule is CCOCCS(=O)(=O)c1ccc(CC2CCN(CCCN(C(=O)C3CCN(S(C)(=O)=O)CC3)c3cccc(Cl)c3)CC2)cc1. The van der Waals surface area contributed by atoms with Crippen LogP contribution in [0.15, 0.2) is 53.4 Å². The van der Waals surface area contributed by atoms with Gasteiger partial charge in [0.1, 0.15) is 0 Å². The molecule has 2 aromatic carbocycles. The van der Waals surface area contributed by atoms with Crippen molar-refractivity contribution in [2.75, 3.05) is 69.4 Å². The van der Waals surface area contributed by atoms with Gasteiger partial charge in [-0.25, -0.2) is 21.1 Å². The molecule has 44 heavy (non-hydrogen) atoms. The lowest BCUT2D eigenvalue weighted by atomic mass is 9.90. The number of carbonyl (C=O) groups is 1. The predicted molar refractivity (Wildman–Crippen MR) is 175 cm³/mol. The molecule has 2 heterocycles. The molecule has 1 amide bonds. The van der Waals surface area contributed by atoms with Crippen LogP contribution < -0.4 is 4.90 Å². The van der Waals surface area contributed by atoms with Gasteiger partial charge in [-0.2, -0.15) is 0 Å². The first kappa shape index (κ1) is 34.8. The quantitative estimate of drug-likeness (QED) is 0.273. The van der Waals surface area contributed by atoms with E-state index in [1.807, 2.05) is 42.2 Å². The van der Waals surface area contributed by atoms with E-state index in [1.165, 1.54) is 10.6 Å². The number of carbonyl (C=O) groups excluding carboxylic acids is 1. The molecule has 0 aliphatic carbocycles. The van der Waals surface area contributed by atoms with Crippen LogP contribution in [-0.2, 0) is 35.8 Å². The summed E-state index contributed by atoms with van der Waals surface area (Å²) < 4.78 is 55.5. The van der Waals surface area contributed by atoms with Crippen molar-refractivity contribution in [1.82, 2.24) is 9.21 Å². The van der Waals surface area contributed by atoms with Crippen molar-refractivity contribution in [3.8, 4) is 0 Å². The zero-order valence-corrected chi connectivity index (χ0v) is 28.3. The van der Waals surface area contributed by atoms with Crippen LogP contribution in [0.4, 0.5) is 5.69 Å². The number of sulfone groups is 1. The van der Waals surface area contributed by atoms with Gasteiger partial charge in [-0.05, 0) is 107 Å². The van der Waals surface area contributed by atoms with Crippen LogP contribution in [0.5, 0.6) is 0 Å². The molecule has 244 valence electrons. The Morgan fingerprint density at radius 3 is 2.27 bits per heavy atom. The van der Waals surface area contributed by atoms with Gasteiger partial charge in [0.2, 0.25) is 15.9 Å². The van der Waals surface area contributed by atoms with Gasteiger partial charge in [-0.3, -0.25) is 4.79 Å². The summed E-state index contributed by atoms with van der Waals surface area (Å²) in [6.45, 7) is 6.74. The summed E-state index contributed by atoms with van der Waals surface area (Å²) >= 11 is 6.28. The maximum absolute atomic E-state index is 13.7. The number of rotatable bonds is 14. The van der Waals surface area contributed by atoms with E-state index in [2.05, 4.69) is 4.90 Å². The summed E-state index contributed by atoms with van der Waals surface area (Å²) in [5.41, 5.74) is 1.94. The number of amides is 1. The van der Waals surface area contributed by atoms with Gasteiger partial charge in [0.15, 0.2) is 9.84 Å². The maximum atomic E-state index is 13.7. The van der Waals surface area contributed by atoms with Crippen molar-refractivity contribution in [2.24, 2.45) is 11.8 Å². The first-order valence-corrected chi connectivity index (χ1v) is 19.5. The molecule has 2 aliphatic heterocycles. The second kappa shape index (κ2) is 16.0. The third-order valence-corrected chi connectivity index (χ3v) is 12.0. The number of benzene rings is 2. The van der Waals surface area contributed by atoms with Crippen molar-refractivity contribution in [1.29, 1.82) is 0 Å². The molecule has 2 aromatic rings. The molecular weight excluding hydrogens is 622 g/mol. The Morgan fingerprint density at radius 2 is 1.66 bits per heavy atom. The Kier molecular flexibility index (Phi) is 12.7. The first-order chi connectivity index (χ1) is 21.0. The number of ether oxygens (including phenoxy) is 1. The molecule has 0 saturated carbocycles. The Labute approximate surface area is 268 Å². The number of hydrogen-bond acceptors (Lipinski definition) is 7. The molecule has 0 atom stereocenters. The zero-order chi connectivity index (χ0) is 31.7. The molecule has 0 unspecified atom stereocenters. The minimum absolute atomic E-state index is 0.00559. The Hall–Kier alpha value is -2.02. The van der Waals surface area contributed by atoms with Crippen molar-refractivity contribution < 1.29 is 26.4 Å². The lowest BCUT2D eigenvalue weighted by Gasteiger charge is -2.34. The second-order valence-corrected chi connectivity index (χ2v) is 16.4. The molecule has 0 bridgehead atoms. The lowest BCUT2D eigenvalue weighted by Crippen LogP contribution is -2.45. The summed E-state index contributed by atoms with van der Waals surface area (Å²) in [4.78, 5) is 18.3. The summed E-state index contributed by atoms with van der Waals surface area (Å²) in [6, 6.07) is 14.7. The number of halogens is 1. The van der Waals surface area contributed by atoms with E-state index in [0.717, 1.165) is 56.6 Å². The van der Waals surface area contributed by atoms with E-state index in [1.54, 1.807) is 18.2 Å². The molecule has 0 spiro atoms. The average molecular weight is 668 g/mol. The standard InChI is InChI=1S/C32H46ClN3O6S2/c1-3-42-22-23-44(40,41)31-10-8-26(9-11-31)24-27-12-18-34(19-13-27)16-5-17-36(30-7-4-6-29(33)25-30)32(37)28-14-20-35(21-15-28)43(2,38)39/h4,6-11,25,27-28H,3,5,12-24H2,1-2H3. The Balaban J connectivity index is 1.25. The highest BCUT2D eigenvalue weighted by atomic mass is 35.5. The van der Waals surface area contributed by atoms with E-state index < -0.39 is 19.9 Å². The third kappa shape index (κ3) is 9.99. The van der Waals surface area contributed by atoms with Gasteiger partial charge in [0.25, 0.3) is 0 Å². The number of piperidine rings is 2. The summed E-state index contributed by atoms with van der Waals surface area (Å²) in [7, 11) is -6.58. The van der Waals surface area contributed by atoms with Gasteiger partial charge in [0, 0.05) is 42.9 Å². The first-order valence-electron chi connectivity index (χ1n) is 15.6. The molecule has 0 aromatic heterocycles. The van der Waals surface area contributed by atoms with Crippen molar-refractivity contribution >= 4 is 43.1 Å². The average Bonchev–Trinajstić information content (AvgIpc) is 3.00. The number of likely N-dealkylation sites (tertiary alicyclic amines) is 1. The topological polar surface area (TPSA) is 104 Å². The molecule has 0 N–H and O–H groups in total. The molecule has 12 heteroatoms. The molecular formula is C32H46ClN3O6S2. The second-order valence-electron chi connectivity index (χ2n) is 11.9.